The molecule has 0 fully saturated rings. The van der Waals surface area contributed by atoms with Crippen LogP contribution in [0.4, 0.5) is 23.7 Å². The highest BCUT2D eigenvalue weighted by Gasteiger charge is 2.13. The van der Waals surface area contributed by atoms with Crippen LogP contribution in [0.3, 0.4) is 0 Å². The molecule has 0 heterocycles. The van der Waals surface area contributed by atoms with E-state index in [0.717, 1.165) is 0 Å². The van der Waals surface area contributed by atoms with E-state index in [1.54, 1.807) is 13.8 Å². The number of carbonyl (C=O) groups excluding carboxylic acids is 1. The molecule has 0 radical (unpaired) electrons. The first-order valence-corrected chi connectivity index (χ1v) is 4.52. The smallest absolute Gasteiger partial charge is 0.411 e. The van der Waals surface area contributed by atoms with E-state index in [9.17, 15) is 18.0 Å². The average Bonchev–Trinajstić information content (AvgIpc) is 2.12. The van der Waals surface area contributed by atoms with Gasteiger partial charge in [0.1, 0.15) is 5.82 Å². The van der Waals surface area contributed by atoms with Crippen molar-refractivity contribution in [2.75, 3.05) is 5.32 Å². The van der Waals surface area contributed by atoms with Crippen LogP contribution in [0.2, 0.25) is 0 Å². The van der Waals surface area contributed by atoms with Gasteiger partial charge in [0.15, 0.2) is 11.6 Å². The summed E-state index contributed by atoms with van der Waals surface area (Å²) in [5.74, 6) is -3.64. The molecule has 0 aliphatic heterocycles. The molecule has 88 valence electrons. The van der Waals surface area contributed by atoms with Gasteiger partial charge in [-0.25, -0.2) is 18.0 Å². The zero-order valence-corrected chi connectivity index (χ0v) is 8.68. The van der Waals surface area contributed by atoms with Gasteiger partial charge in [0, 0.05) is 12.1 Å². The summed E-state index contributed by atoms with van der Waals surface area (Å²) in [6.07, 6.45) is -1.33. The SMILES string of the molecule is CC(C)OC(=O)Nc1cc(F)c(F)cc1F. The number of amides is 1. The lowest BCUT2D eigenvalue weighted by Gasteiger charge is -2.10. The van der Waals surface area contributed by atoms with Gasteiger partial charge in [0.05, 0.1) is 11.8 Å². The van der Waals surface area contributed by atoms with Gasteiger partial charge in [-0.15, -0.1) is 0 Å². The quantitative estimate of drug-likeness (QED) is 0.797. The van der Waals surface area contributed by atoms with Gasteiger partial charge in [-0.3, -0.25) is 5.32 Å². The molecule has 3 nitrogen and oxygen atoms in total. The molecule has 16 heavy (non-hydrogen) atoms. The van der Waals surface area contributed by atoms with Crippen molar-refractivity contribution in [1.82, 2.24) is 0 Å². The van der Waals surface area contributed by atoms with Gasteiger partial charge in [0.2, 0.25) is 0 Å². The van der Waals surface area contributed by atoms with Gasteiger partial charge in [-0.1, -0.05) is 0 Å². The van der Waals surface area contributed by atoms with Crippen molar-refractivity contribution < 1.29 is 22.7 Å². The van der Waals surface area contributed by atoms with Crippen molar-refractivity contribution in [3.63, 3.8) is 0 Å². The Labute approximate surface area is 90.2 Å². The van der Waals surface area contributed by atoms with E-state index in [1.807, 2.05) is 5.32 Å². The lowest BCUT2D eigenvalue weighted by Crippen LogP contribution is -2.18. The average molecular weight is 233 g/mol. The molecule has 1 rings (SSSR count). The van der Waals surface area contributed by atoms with E-state index in [2.05, 4.69) is 4.74 Å². The zero-order valence-electron chi connectivity index (χ0n) is 8.68. The predicted octanol–water partition coefficient (Wildman–Crippen LogP) is 3.06. The van der Waals surface area contributed by atoms with Crippen LogP contribution >= 0.6 is 0 Å². The maximum Gasteiger partial charge on any atom is 0.411 e. The van der Waals surface area contributed by atoms with Crippen LogP contribution in [0.25, 0.3) is 0 Å². The first-order chi connectivity index (χ1) is 7.40. The standard InChI is InChI=1S/C10H10F3NO2/c1-5(2)16-10(15)14-9-4-7(12)6(11)3-8(9)13/h3-5H,1-2H3,(H,14,15). The largest absolute Gasteiger partial charge is 0.447 e. The van der Waals surface area contributed by atoms with Crippen LogP contribution in [0.5, 0.6) is 0 Å². The van der Waals surface area contributed by atoms with Crippen molar-refractivity contribution in [1.29, 1.82) is 0 Å². The Morgan fingerprint density at radius 2 is 1.75 bits per heavy atom. The van der Waals surface area contributed by atoms with Crippen LogP contribution in [0, 0.1) is 17.5 Å². The first kappa shape index (κ1) is 12.4. The second-order valence-electron chi connectivity index (χ2n) is 3.33. The summed E-state index contributed by atoms with van der Waals surface area (Å²) in [4.78, 5) is 11.1. The number of halogens is 3. The van der Waals surface area contributed by atoms with Crippen molar-refractivity contribution >= 4 is 11.8 Å². The third-order valence-electron chi connectivity index (χ3n) is 1.59. The zero-order chi connectivity index (χ0) is 12.3. The molecule has 1 N–H and O–H groups in total. The monoisotopic (exact) mass is 233 g/mol. The predicted molar refractivity (Wildman–Crippen MR) is 51.6 cm³/mol. The van der Waals surface area contributed by atoms with Crippen LogP contribution in [-0.4, -0.2) is 12.2 Å². The van der Waals surface area contributed by atoms with Crippen molar-refractivity contribution in [2.24, 2.45) is 0 Å². The molecular formula is C10H10F3NO2. The van der Waals surface area contributed by atoms with E-state index in [-0.39, 0.29) is 0 Å². The molecule has 6 heteroatoms. The van der Waals surface area contributed by atoms with Crippen LogP contribution in [-0.2, 0) is 4.74 Å². The fourth-order valence-corrected chi connectivity index (χ4v) is 0.972. The number of ether oxygens (including phenoxy) is 1. The summed E-state index contributed by atoms with van der Waals surface area (Å²) < 4.78 is 43.0. The number of carbonyl (C=O) groups is 1. The third-order valence-corrected chi connectivity index (χ3v) is 1.59. The lowest BCUT2D eigenvalue weighted by atomic mass is 10.3. The molecule has 0 bridgehead atoms. The highest BCUT2D eigenvalue weighted by Crippen LogP contribution is 2.18. The van der Waals surface area contributed by atoms with Crippen molar-refractivity contribution in [3.8, 4) is 0 Å². The lowest BCUT2D eigenvalue weighted by molar-refractivity contribution is 0.130. The minimum atomic E-state index is -1.32. The topological polar surface area (TPSA) is 38.3 Å². The molecule has 1 amide bonds. The highest BCUT2D eigenvalue weighted by atomic mass is 19.2. The second kappa shape index (κ2) is 4.87. The minimum Gasteiger partial charge on any atom is -0.447 e. The third kappa shape index (κ3) is 3.15. The highest BCUT2D eigenvalue weighted by molar-refractivity contribution is 5.84. The number of hydrogen-bond acceptors (Lipinski definition) is 2. The molecule has 0 spiro atoms. The Hall–Kier alpha value is -1.72. The molecule has 0 atom stereocenters. The summed E-state index contributed by atoms with van der Waals surface area (Å²) in [5, 5.41) is 1.97. The molecule has 1 aromatic carbocycles. The summed E-state index contributed by atoms with van der Waals surface area (Å²) >= 11 is 0. The maximum absolute atomic E-state index is 13.1. The summed E-state index contributed by atoms with van der Waals surface area (Å²) in [5.41, 5.74) is -0.468. The van der Waals surface area contributed by atoms with Gasteiger partial charge < -0.3 is 4.74 Å². The number of hydrogen-bond donors (Lipinski definition) is 1. The first-order valence-electron chi connectivity index (χ1n) is 4.52. The number of benzene rings is 1. The molecule has 0 aliphatic carbocycles. The molecule has 0 unspecified atom stereocenters. The Balaban J connectivity index is 2.81. The Kier molecular flexibility index (Phi) is 3.76. The van der Waals surface area contributed by atoms with Crippen molar-refractivity contribution in [3.05, 3.63) is 29.6 Å². The molecule has 0 saturated heterocycles. The van der Waals surface area contributed by atoms with E-state index in [4.69, 9.17) is 0 Å². The molecular weight excluding hydrogens is 223 g/mol. The number of anilines is 1. The Morgan fingerprint density at radius 3 is 2.31 bits per heavy atom. The van der Waals surface area contributed by atoms with E-state index in [1.165, 1.54) is 0 Å². The van der Waals surface area contributed by atoms with Gasteiger partial charge in [0.25, 0.3) is 0 Å². The van der Waals surface area contributed by atoms with E-state index in [0.29, 0.717) is 12.1 Å². The van der Waals surface area contributed by atoms with Gasteiger partial charge >= 0.3 is 6.09 Å². The molecule has 0 saturated carbocycles. The maximum atomic E-state index is 13.1. The van der Waals surface area contributed by atoms with E-state index >= 15 is 0 Å². The second-order valence-corrected chi connectivity index (χ2v) is 3.33. The Bertz CT molecular complexity index is 407. The molecule has 1 aromatic rings. The summed E-state index contributed by atoms with van der Waals surface area (Å²) in [7, 11) is 0. The van der Waals surface area contributed by atoms with Crippen LogP contribution < -0.4 is 5.32 Å². The van der Waals surface area contributed by atoms with E-state index < -0.39 is 35.3 Å². The summed E-state index contributed by atoms with van der Waals surface area (Å²) in [6.45, 7) is 3.20. The fourth-order valence-electron chi connectivity index (χ4n) is 0.972. The Morgan fingerprint density at radius 1 is 1.19 bits per heavy atom. The molecule has 0 aromatic heterocycles. The number of nitrogens with one attached hydrogen (secondary N) is 1. The minimum absolute atomic E-state index is 0.348. The molecule has 0 aliphatic rings. The number of rotatable bonds is 2. The summed E-state index contributed by atoms with van der Waals surface area (Å²) in [6, 6.07) is 0.895. The van der Waals surface area contributed by atoms with Gasteiger partial charge in [-0.05, 0) is 13.8 Å². The van der Waals surface area contributed by atoms with Crippen LogP contribution in [0.15, 0.2) is 12.1 Å². The van der Waals surface area contributed by atoms with Crippen molar-refractivity contribution in [2.45, 2.75) is 20.0 Å². The van der Waals surface area contributed by atoms with Crippen LogP contribution in [0.1, 0.15) is 13.8 Å². The normalized spacial score (nSPS) is 10.4. The van der Waals surface area contributed by atoms with Gasteiger partial charge in [-0.2, -0.15) is 0 Å². The fraction of sp³-hybridized carbons (Fsp3) is 0.300.